The zero-order valence-corrected chi connectivity index (χ0v) is 9.79. The van der Waals surface area contributed by atoms with Gasteiger partial charge in [0.2, 0.25) is 0 Å². The Morgan fingerprint density at radius 3 is 2.50 bits per heavy atom. The van der Waals surface area contributed by atoms with Gasteiger partial charge in [0.1, 0.15) is 5.82 Å². The quantitative estimate of drug-likeness (QED) is 0.816. The smallest absolute Gasteiger partial charge is 0.254 e. The molecule has 0 radical (unpaired) electrons. The molecule has 0 atom stereocenters. The van der Waals surface area contributed by atoms with E-state index in [9.17, 15) is 9.18 Å². The van der Waals surface area contributed by atoms with Crippen molar-refractivity contribution < 1.29 is 9.18 Å². The molecule has 0 aromatic heterocycles. The van der Waals surface area contributed by atoms with Crippen LogP contribution in [-0.2, 0) is 0 Å². The summed E-state index contributed by atoms with van der Waals surface area (Å²) < 4.78 is 13.3. The number of rotatable bonds is 5. The van der Waals surface area contributed by atoms with Crippen LogP contribution in [-0.4, -0.2) is 12.5 Å². The Bertz CT molecular complexity index is 348. The minimum absolute atomic E-state index is 0.119. The van der Waals surface area contributed by atoms with E-state index in [1.165, 1.54) is 12.1 Å². The molecule has 2 nitrogen and oxygen atoms in total. The lowest BCUT2D eigenvalue weighted by Gasteiger charge is -2.13. The lowest BCUT2D eigenvalue weighted by Crippen LogP contribution is -2.29. The van der Waals surface area contributed by atoms with Crippen molar-refractivity contribution in [3.63, 3.8) is 0 Å². The Balaban J connectivity index is 2.56. The SMILES string of the molecule is CCC(CC)CNC(=O)c1ccccc1F. The Labute approximate surface area is 95.9 Å². The molecule has 3 heteroatoms. The van der Waals surface area contributed by atoms with Gasteiger partial charge >= 0.3 is 0 Å². The highest BCUT2D eigenvalue weighted by molar-refractivity contribution is 5.94. The second kappa shape index (κ2) is 6.26. The first kappa shape index (κ1) is 12.7. The van der Waals surface area contributed by atoms with Gasteiger partial charge in [0.25, 0.3) is 5.91 Å². The summed E-state index contributed by atoms with van der Waals surface area (Å²) in [5.41, 5.74) is 0.119. The third kappa shape index (κ3) is 3.33. The van der Waals surface area contributed by atoms with Crippen LogP contribution in [0.4, 0.5) is 4.39 Å². The number of carbonyl (C=O) groups excluding carboxylic acids is 1. The molecule has 0 heterocycles. The number of nitrogens with one attached hydrogen (secondary N) is 1. The lowest BCUT2D eigenvalue weighted by molar-refractivity contribution is 0.0942. The molecule has 1 amide bonds. The first-order valence-electron chi connectivity index (χ1n) is 5.71. The molecule has 1 rings (SSSR count). The number of hydrogen-bond donors (Lipinski definition) is 1. The maximum absolute atomic E-state index is 13.3. The van der Waals surface area contributed by atoms with E-state index in [2.05, 4.69) is 19.2 Å². The van der Waals surface area contributed by atoms with Crippen molar-refractivity contribution in [1.29, 1.82) is 0 Å². The van der Waals surface area contributed by atoms with E-state index in [4.69, 9.17) is 0 Å². The molecule has 1 N–H and O–H groups in total. The van der Waals surface area contributed by atoms with Crippen LogP contribution in [0.1, 0.15) is 37.0 Å². The molecule has 0 saturated heterocycles. The maximum Gasteiger partial charge on any atom is 0.254 e. The molecule has 16 heavy (non-hydrogen) atoms. The van der Waals surface area contributed by atoms with E-state index >= 15 is 0 Å². The van der Waals surface area contributed by atoms with E-state index in [-0.39, 0.29) is 11.5 Å². The third-order valence-electron chi connectivity index (χ3n) is 2.82. The molecular formula is C13H18FNO. The summed E-state index contributed by atoms with van der Waals surface area (Å²) >= 11 is 0. The molecule has 1 aromatic rings. The zero-order chi connectivity index (χ0) is 12.0. The van der Waals surface area contributed by atoms with Crippen LogP contribution in [0.15, 0.2) is 24.3 Å². The molecule has 0 spiro atoms. The summed E-state index contributed by atoms with van der Waals surface area (Å²) in [5, 5.41) is 2.76. The number of carbonyl (C=O) groups is 1. The van der Waals surface area contributed by atoms with Gasteiger partial charge in [-0.3, -0.25) is 4.79 Å². The Hall–Kier alpha value is -1.38. The van der Waals surface area contributed by atoms with E-state index < -0.39 is 5.82 Å². The second-order valence-corrected chi connectivity index (χ2v) is 3.87. The van der Waals surface area contributed by atoms with Gasteiger partial charge in [-0.15, -0.1) is 0 Å². The summed E-state index contributed by atoms with van der Waals surface area (Å²) in [7, 11) is 0. The molecule has 88 valence electrons. The molecule has 0 saturated carbocycles. The fourth-order valence-corrected chi connectivity index (χ4v) is 1.55. The monoisotopic (exact) mass is 223 g/mol. The summed E-state index contributed by atoms with van der Waals surface area (Å²) in [6, 6.07) is 6.03. The van der Waals surface area contributed by atoms with E-state index in [0.29, 0.717) is 12.5 Å². The summed E-state index contributed by atoms with van der Waals surface area (Å²) in [4.78, 5) is 11.7. The minimum atomic E-state index is -0.468. The third-order valence-corrected chi connectivity index (χ3v) is 2.82. The Morgan fingerprint density at radius 2 is 1.94 bits per heavy atom. The van der Waals surface area contributed by atoms with Crippen molar-refractivity contribution in [2.75, 3.05) is 6.54 Å². The molecule has 1 aromatic carbocycles. The fraction of sp³-hybridized carbons (Fsp3) is 0.462. The van der Waals surface area contributed by atoms with Gasteiger partial charge in [-0.05, 0) is 18.1 Å². The molecule has 0 bridgehead atoms. The van der Waals surface area contributed by atoms with Gasteiger partial charge in [-0.1, -0.05) is 38.8 Å². The van der Waals surface area contributed by atoms with Crippen LogP contribution in [0.25, 0.3) is 0 Å². The maximum atomic E-state index is 13.3. The van der Waals surface area contributed by atoms with Crippen LogP contribution in [0, 0.1) is 11.7 Å². The predicted octanol–water partition coefficient (Wildman–Crippen LogP) is 2.99. The fourth-order valence-electron chi connectivity index (χ4n) is 1.55. The van der Waals surface area contributed by atoms with Crippen molar-refractivity contribution in [2.24, 2.45) is 5.92 Å². The topological polar surface area (TPSA) is 29.1 Å². The Morgan fingerprint density at radius 1 is 1.31 bits per heavy atom. The largest absolute Gasteiger partial charge is 0.352 e. The van der Waals surface area contributed by atoms with Crippen molar-refractivity contribution >= 4 is 5.91 Å². The van der Waals surface area contributed by atoms with Crippen molar-refractivity contribution in [2.45, 2.75) is 26.7 Å². The lowest BCUT2D eigenvalue weighted by atomic mass is 10.0. The number of amides is 1. The van der Waals surface area contributed by atoms with Crippen LogP contribution < -0.4 is 5.32 Å². The average molecular weight is 223 g/mol. The van der Waals surface area contributed by atoms with Crippen LogP contribution in [0.5, 0.6) is 0 Å². The summed E-state index contributed by atoms with van der Waals surface area (Å²) in [6.07, 6.45) is 2.04. The predicted molar refractivity (Wildman–Crippen MR) is 62.8 cm³/mol. The molecular weight excluding hydrogens is 205 g/mol. The van der Waals surface area contributed by atoms with Gasteiger partial charge in [-0.2, -0.15) is 0 Å². The van der Waals surface area contributed by atoms with Crippen LogP contribution in [0.2, 0.25) is 0 Å². The van der Waals surface area contributed by atoms with Crippen molar-refractivity contribution in [3.8, 4) is 0 Å². The zero-order valence-electron chi connectivity index (χ0n) is 9.79. The standard InChI is InChI=1S/C13H18FNO/c1-3-10(4-2)9-15-13(16)11-7-5-6-8-12(11)14/h5-8,10H,3-4,9H2,1-2H3,(H,15,16). The first-order valence-corrected chi connectivity index (χ1v) is 5.71. The molecule has 0 aliphatic rings. The van der Waals surface area contributed by atoms with E-state index in [0.717, 1.165) is 12.8 Å². The number of benzene rings is 1. The van der Waals surface area contributed by atoms with E-state index in [1.54, 1.807) is 12.1 Å². The molecule has 0 aliphatic heterocycles. The molecule has 0 aliphatic carbocycles. The highest BCUT2D eigenvalue weighted by Gasteiger charge is 2.11. The van der Waals surface area contributed by atoms with Gasteiger partial charge < -0.3 is 5.32 Å². The number of halogens is 1. The Kier molecular flexibility index (Phi) is 4.96. The van der Waals surface area contributed by atoms with Crippen LogP contribution in [0.3, 0.4) is 0 Å². The number of hydrogen-bond acceptors (Lipinski definition) is 1. The molecule has 0 fully saturated rings. The second-order valence-electron chi connectivity index (χ2n) is 3.87. The van der Waals surface area contributed by atoms with E-state index in [1.807, 2.05) is 0 Å². The highest BCUT2D eigenvalue weighted by Crippen LogP contribution is 2.08. The molecule has 0 unspecified atom stereocenters. The van der Waals surface area contributed by atoms with Crippen molar-refractivity contribution in [1.82, 2.24) is 5.32 Å². The van der Waals surface area contributed by atoms with Gasteiger partial charge in [0, 0.05) is 6.54 Å². The first-order chi connectivity index (χ1) is 7.69. The summed E-state index contributed by atoms with van der Waals surface area (Å²) in [5.74, 6) is -0.328. The van der Waals surface area contributed by atoms with Gasteiger partial charge in [-0.25, -0.2) is 4.39 Å². The minimum Gasteiger partial charge on any atom is -0.352 e. The average Bonchev–Trinajstić information content (AvgIpc) is 2.30. The van der Waals surface area contributed by atoms with Crippen LogP contribution >= 0.6 is 0 Å². The van der Waals surface area contributed by atoms with Gasteiger partial charge in [0.15, 0.2) is 0 Å². The highest BCUT2D eigenvalue weighted by atomic mass is 19.1. The normalized spacial score (nSPS) is 10.5. The van der Waals surface area contributed by atoms with Gasteiger partial charge in [0.05, 0.1) is 5.56 Å². The summed E-state index contributed by atoms with van der Waals surface area (Å²) in [6.45, 7) is 4.78. The van der Waals surface area contributed by atoms with Crippen molar-refractivity contribution in [3.05, 3.63) is 35.6 Å².